The van der Waals surface area contributed by atoms with E-state index in [2.05, 4.69) is 109 Å². The van der Waals surface area contributed by atoms with Crippen LogP contribution in [-0.4, -0.2) is 131 Å². The van der Waals surface area contributed by atoms with Gasteiger partial charge in [0.2, 0.25) is 35.2 Å². The fourth-order valence-electron chi connectivity index (χ4n) is 19.2. The SMILES string of the molecule is C=C(CC)C[C@H](C(=C)C1C[C@H]2[C@@H]([C@H]1C(=C)CC(CC1CCC1)C(=C)C(=C)CC)C2(C)C)C(C)(C)C.CNC(=O)C(=O)C(CC1CCC1)NC(=O)[C@@H]1[C@@H]2[C@H](CN1C(=O)[C@@H](N)C(C)(C)C)C2(C)C.CNC(=O)C(=O)C(CC1CCC1)NC(=O)[C@@H]1[C@@H]2[C@H](CN1C(=O)[C@@H](NC(=O)Oc1ccc([N+](=O)[O-])cc1)C(C)(C)C)C2(C)C.Cl. The minimum Gasteiger partial charge on any atom is -0.410 e. The average Bonchev–Trinajstić information content (AvgIpc) is 1.54. The Balaban J connectivity index is 0.000000232. The number of carbonyl (C=O) groups excluding carboxylic acids is 9. The normalized spacial score (nSPS) is 26.5. The molecule has 1 aromatic rings. The van der Waals surface area contributed by atoms with E-state index < -0.39 is 93.3 Å². The quantitative estimate of drug-likeness (QED) is 0.0137. The summed E-state index contributed by atoms with van der Waals surface area (Å²) in [5, 5.41) is 23.9. The molecule has 7 amide bonds. The van der Waals surface area contributed by atoms with E-state index in [1.165, 1.54) is 103 Å². The van der Waals surface area contributed by atoms with Crippen LogP contribution >= 0.6 is 12.4 Å². The van der Waals surface area contributed by atoms with E-state index in [4.69, 9.17) is 23.6 Å². The molecule has 0 bridgehead atoms. The number of nitrogens with two attached hydrogens (primary N) is 1. The standard InChI is InChI=1S/C35H56.C30H41N5O8.C23H38N4O4.ClH/c1-13-22(3)18-30(34(8,9)10)26(7)29-21-31-33(35(31,11)12)32(29)24(5)19-28(20-27-16-15-17-27)25(6)23(4)14-2;1-29(2,3)24(33-28(40)43-18-12-10-17(11-13-18)35(41)42)27(39)34-15-19-21(30(19,4)5)22(34)25(37)32-20(14-16-8-7-9-16)23(36)26(38)31-6;1-22(2,3)18(24)21(31)27-11-13-15(23(13,4)5)16(27)19(29)26-14(10-12-8-7-9-12)17(28)20(30)25-6;/h27-33H,3-7,13-21H2,1-2,8-12H3;10-13,16,19-22,24H,7-9,14-15H2,1-6H3,(H,31,38)(H,32,37)(H,33,40);12-16,18H,7-11,24H2,1-6H3,(H,25,30)(H,26,29);1H/t28?,29?,30-,31+,32+,33+;19-,20?,21-,22-,24+;13-,14?,15-,16-,18+;/m100./s1. The molecule has 1 aromatic carbocycles. The van der Waals surface area contributed by atoms with E-state index in [0.29, 0.717) is 60.9 Å². The molecule has 7 saturated carbocycles. The van der Waals surface area contributed by atoms with Gasteiger partial charge in [-0.15, -0.1) is 12.4 Å². The fourth-order valence-corrected chi connectivity index (χ4v) is 19.2. The van der Waals surface area contributed by atoms with Gasteiger partial charge in [0.05, 0.1) is 23.0 Å². The fraction of sp³-hybridized carbons (Fsp3) is 0.716. The van der Waals surface area contributed by atoms with Gasteiger partial charge >= 0.3 is 6.09 Å². The molecule has 0 aromatic heterocycles. The summed E-state index contributed by atoms with van der Waals surface area (Å²) in [4.78, 5) is 131. The lowest BCUT2D eigenvalue weighted by molar-refractivity contribution is -0.384. The van der Waals surface area contributed by atoms with Crippen molar-refractivity contribution in [2.24, 2.45) is 115 Å². The zero-order chi connectivity index (χ0) is 81.4. The predicted octanol–water partition coefficient (Wildman–Crippen LogP) is 14.6. The number of likely N-dealkylation sites (N-methyl/N-ethyl adjacent to an activating group) is 2. The third-order valence-electron chi connectivity index (χ3n) is 27.7. The molecule has 22 heteroatoms. The van der Waals surface area contributed by atoms with Crippen LogP contribution in [0, 0.1) is 120 Å². The Morgan fingerprint density at radius 3 is 1.42 bits per heavy atom. The van der Waals surface area contributed by atoms with E-state index in [0.717, 1.165) is 82.0 Å². The van der Waals surface area contributed by atoms with Crippen molar-refractivity contribution >= 4 is 71.2 Å². The smallest absolute Gasteiger partial charge is 0.410 e. The van der Waals surface area contributed by atoms with Crippen molar-refractivity contribution in [3.05, 3.63) is 95.1 Å². The minimum atomic E-state index is -1.08. The molecule has 110 heavy (non-hydrogen) atoms. The number of benzene rings is 1. The number of nitrogens with one attached hydrogen (secondary N) is 5. The Labute approximate surface area is 663 Å². The second-order valence-electron chi connectivity index (χ2n) is 39.0. The summed E-state index contributed by atoms with van der Waals surface area (Å²) >= 11 is 0. The third-order valence-corrected chi connectivity index (χ3v) is 27.7. The number of allylic oxidation sites excluding steroid dienone is 5. The number of hydrogen-bond donors (Lipinski definition) is 6. The number of amides is 7. The van der Waals surface area contributed by atoms with Crippen LogP contribution in [-0.2, 0) is 38.4 Å². The van der Waals surface area contributed by atoms with E-state index in [-0.39, 0.29) is 81.5 Å². The van der Waals surface area contributed by atoms with Gasteiger partial charge in [-0.2, -0.15) is 0 Å². The lowest BCUT2D eigenvalue weighted by Crippen LogP contribution is -2.61. The Kier molecular flexibility index (Phi) is 28.8. The minimum absolute atomic E-state index is 0. The van der Waals surface area contributed by atoms with E-state index in [1.807, 2.05) is 34.6 Å². The lowest BCUT2D eigenvalue weighted by Gasteiger charge is -2.40. The Morgan fingerprint density at radius 2 is 1.04 bits per heavy atom. The second-order valence-corrected chi connectivity index (χ2v) is 39.0. The molecule has 0 spiro atoms. The maximum absolute atomic E-state index is 14.1. The van der Waals surface area contributed by atoms with E-state index in [1.54, 1.807) is 25.7 Å². The molecule has 2 saturated heterocycles. The van der Waals surface area contributed by atoms with Gasteiger partial charge in [-0.05, 0) is 178 Å². The Bertz CT molecular complexity index is 3680. The number of nitrogens with zero attached hydrogens (tertiary/aromatic N) is 3. The van der Waals surface area contributed by atoms with Gasteiger partial charge in [0.1, 0.15) is 23.9 Å². The summed E-state index contributed by atoms with van der Waals surface area (Å²) in [6.07, 6.45) is 16.9. The lowest BCUT2D eigenvalue weighted by atomic mass is 9.65. The number of ether oxygens (including phenoxy) is 1. The summed E-state index contributed by atoms with van der Waals surface area (Å²) in [7, 11) is 2.77. The molecule has 16 atom stereocenters. The zero-order valence-electron chi connectivity index (χ0n) is 70.0. The van der Waals surface area contributed by atoms with Gasteiger partial charge in [0, 0.05) is 39.3 Å². The number of halogens is 1. The Hall–Kier alpha value is -7.00. The number of rotatable bonds is 30. The molecular formula is C88H136ClN9O12. The molecule has 2 aliphatic heterocycles. The van der Waals surface area contributed by atoms with Crippen LogP contribution in [0.4, 0.5) is 10.5 Å². The second kappa shape index (κ2) is 35.2. The van der Waals surface area contributed by atoms with Crippen LogP contribution in [0.2, 0.25) is 0 Å². The van der Waals surface area contributed by atoms with Crippen molar-refractivity contribution in [2.75, 3.05) is 27.2 Å². The first-order chi connectivity index (χ1) is 50.6. The largest absolute Gasteiger partial charge is 0.413 e. The summed E-state index contributed by atoms with van der Waals surface area (Å²) in [6, 6.07) is -0.254. The van der Waals surface area contributed by atoms with Gasteiger partial charge < -0.3 is 46.9 Å². The summed E-state index contributed by atoms with van der Waals surface area (Å²) in [6.45, 7) is 59.7. The van der Waals surface area contributed by atoms with Crippen molar-refractivity contribution < 1.29 is 52.8 Å². The van der Waals surface area contributed by atoms with Gasteiger partial charge in [-0.25, -0.2) is 4.79 Å². The number of Topliss-reactive ketones (excluding diaryl/α,β-unsaturated/α-hetero) is 2. The number of non-ortho nitro benzene ring substituents is 1. The van der Waals surface area contributed by atoms with Crippen LogP contribution in [0.15, 0.2) is 85.0 Å². The number of likely N-dealkylation sites (tertiary alicyclic amines) is 2. The van der Waals surface area contributed by atoms with Crippen LogP contribution in [0.3, 0.4) is 0 Å². The molecule has 612 valence electrons. The number of carbonyl (C=O) groups is 9. The first kappa shape index (κ1) is 90.2. The Morgan fingerprint density at radius 1 is 0.600 bits per heavy atom. The van der Waals surface area contributed by atoms with Crippen molar-refractivity contribution in [1.29, 1.82) is 0 Å². The monoisotopic (exact) mass is 1550 g/mol. The molecule has 7 N–H and O–H groups in total. The maximum Gasteiger partial charge on any atom is 0.413 e. The molecule has 7 aliphatic carbocycles. The molecule has 10 rings (SSSR count). The van der Waals surface area contributed by atoms with Crippen LogP contribution < -0.4 is 37.1 Å². The zero-order valence-corrected chi connectivity index (χ0v) is 70.8. The van der Waals surface area contributed by atoms with Crippen molar-refractivity contribution in [2.45, 2.75) is 263 Å². The maximum atomic E-state index is 14.1. The summed E-state index contributed by atoms with van der Waals surface area (Å²) in [5.74, 6) is 0.999. The summed E-state index contributed by atoms with van der Waals surface area (Å²) in [5.41, 5.74) is 12.1. The van der Waals surface area contributed by atoms with Gasteiger partial charge in [-0.3, -0.25) is 48.5 Å². The number of fused-ring (bicyclic) bond motifs is 3. The van der Waals surface area contributed by atoms with E-state index in [9.17, 15) is 53.3 Å². The first-order valence-corrected chi connectivity index (χ1v) is 40.7. The number of piperidine rings is 2. The molecule has 4 unspecified atom stereocenters. The number of nitro groups is 1. The van der Waals surface area contributed by atoms with Gasteiger partial charge in [-0.1, -0.05) is 231 Å². The van der Waals surface area contributed by atoms with Crippen LogP contribution in [0.25, 0.3) is 0 Å². The number of nitro benzene ring substituents is 1. The molecule has 9 fully saturated rings. The molecule has 9 aliphatic rings. The van der Waals surface area contributed by atoms with Crippen LogP contribution in [0.1, 0.15) is 227 Å². The third kappa shape index (κ3) is 20.0. The van der Waals surface area contributed by atoms with E-state index >= 15 is 0 Å². The van der Waals surface area contributed by atoms with Crippen LogP contribution in [0.5, 0.6) is 5.75 Å². The molecule has 21 nitrogen and oxygen atoms in total. The highest BCUT2D eigenvalue weighted by molar-refractivity contribution is 6.39. The number of ketones is 2. The molecule has 2 heterocycles. The van der Waals surface area contributed by atoms with Crippen molar-refractivity contribution in [3.8, 4) is 5.75 Å². The molecule has 0 radical (unpaired) electrons. The predicted molar refractivity (Wildman–Crippen MR) is 435 cm³/mol. The van der Waals surface area contributed by atoms with Crippen molar-refractivity contribution in [1.82, 2.24) is 36.4 Å². The topological polar surface area (TPSA) is 299 Å². The molecular weight excluding hydrogens is 1410 g/mol. The number of hydrogen-bond acceptors (Lipinski definition) is 13. The summed E-state index contributed by atoms with van der Waals surface area (Å²) < 4.78 is 5.29. The van der Waals surface area contributed by atoms with Crippen molar-refractivity contribution in [3.63, 3.8) is 0 Å². The highest BCUT2D eigenvalue weighted by Crippen LogP contribution is 2.74. The average molecular weight is 1550 g/mol. The van der Waals surface area contributed by atoms with Gasteiger partial charge in [0.25, 0.3) is 17.5 Å². The highest BCUT2D eigenvalue weighted by Gasteiger charge is 2.72. The van der Waals surface area contributed by atoms with Gasteiger partial charge in [0.15, 0.2) is 0 Å². The highest BCUT2D eigenvalue weighted by atomic mass is 35.5. The first-order valence-electron chi connectivity index (χ1n) is 40.7.